The minimum Gasteiger partial charge on any atom is -0.493 e. The second-order valence-corrected chi connectivity index (χ2v) is 5.02. The minimum atomic E-state index is 0.258. The van der Waals surface area contributed by atoms with E-state index in [-0.39, 0.29) is 6.04 Å². The molecule has 1 aromatic heterocycles. The highest BCUT2D eigenvalue weighted by Crippen LogP contribution is 2.32. The van der Waals surface area contributed by atoms with Crippen molar-refractivity contribution in [2.24, 2.45) is 5.73 Å². The molecule has 0 fully saturated rings. The lowest BCUT2D eigenvalue weighted by molar-refractivity contribution is 0.408. The largest absolute Gasteiger partial charge is 0.493 e. The van der Waals surface area contributed by atoms with Crippen LogP contribution >= 0.6 is 0 Å². The fraction of sp³-hybridized carbons (Fsp3) is 0.312. The molecule has 1 unspecified atom stereocenters. The number of fused-ring (bicyclic) bond motifs is 1. The van der Waals surface area contributed by atoms with Crippen LogP contribution in [0.5, 0.6) is 5.75 Å². The highest BCUT2D eigenvalue weighted by molar-refractivity contribution is 5.55. The number of benzene rings is 1. The molecule has 2 heterocycles. The minimum absolute atomic E-state index is 0.258. The van der Waals surface area contributed by atoms with E-state index in [4.69, 9.17) is 10.5 Å². The number of hydrogen-bond donors (Lipinski definition) is 1. The SMILES string of the molecule is COc1cccnc1N1Cc2ccccc2CC1CN. The highest BCUT2D eigenvalue weighted by atomic mass is 16.5. The first kappa shape index (κ1) is 12.9. The average Bonchev–Trinajstić information content (AvgIpc) is 2.53. The standard InChI is InChI=1S/C16H19N3O/c1-20-15-7-4-8-18-16(15)19-11-13-6-3-2-5-12(13)9-14(19)10-17/h2-8,14H,9-11,17H2,1H3. The van der Waals surface area contributed by atoms with Crippen molar-refractivity contribution >= 4 is 5.82 Å². The predicted octanol–water partition coefficient (Wildman–Crippen LogP) is 1.98. The van der Waals surface area contributed by atoms with Gasteiger partial charge >= 0.3 is 0 Å². The lowest BCUT2D eigenvalue weighted by Gasteiger charge is -2.37. The quantitative estimate of drug-likeness (QED) is 0.925. The molecule has 0 amide bonds. The smallest absolute Gasteiger partial charge is 0.171 e. The number of hydrogen-bond acceptors (Lipinski definition) is 4. The van der Waals surface area contributed by atoms with Crippen LogP contribution in [0.1, 0.15) is 11.1 Å². The van der Waals surface area contributed by atoms with Gasteiger partial charge in [-0.3, -0.25) is 0 Å². The summed E-state index contributed by atoms with van der Waals surface area (Å²) in [6.45, 7) is 1.43. The van der Waals surface area contributed by atoms with Gasteiger partial charge in [0.1, 0.15) is 0 Å². The second-order valence-electron chi connectivity index (χ2n) is 5.02. The highest BCUT2D eigenvalue weighted by Gasteiger charge is 2.27. The van der Waals surface area contributed by atoms with E-state index in [9.17, 15) is 0 Å². The van der Waals surface area contributed by atoms with Crippen LogP contribution in [0.2, 0.25) is 0 Å². The van der Waals surface area contributed by atoms with Gasteiger partial charge in [-0.1, -0.05) is 24.3 Å². The van der Waals surface area contributed by atoms with Crippen molar-refractivity contribution < 1.29 is 4.74 Å². The van der Waals surface area contributed by atoms with Crippen molar-refractivity contribution in [2.75, 3.05) is 18.6 Å². The maximum Gasteiger partial charge on any atom is 0.171 e. The van der Waals surface area contributed by atoms with Crippen molar-refractivity contribution in [1.29, 1.82) is 0 Å². The van der Waals surface area contributed by atoms with Crippen molar-refractivity contribution in [3.63, 3.8) is 0 Å². The molecule has 0 bridgehead atoms. The number of anilines is 1. The molecule has 0 spiro atoms. The molecule has 0 radical (unpaired) electrons. The van der Waals surface area contributed by atoms with E-state index in [0.717, 1.165) is 24.5 Å². The van der Waals surface area contributed by atoms with E-state index in [1.807, 2.05) is 12.1 Å². The fourth-order valence-electron chi connectivity index (χ4n) is 2.80. The van der Waals surface area contributed by atoms with Gasteiger partial charge < -0.3 is 15.4 Å². The molecule has 104 valence electrons. The van der Waals surface area contributed by atoms with E-state index in [1.165, 1.54) is 11.1 Å². The number of methoxy groups -OCH3 is 1. The normalized spacial score (nSPS) is 17.7. The average molecular weight is 269 g/mol. The molecule has 0 saturated heterocycles. The number of nitrogens with zero attached hydrogens (tertiary/aromatic N) is 2. The van der Waals surface area contributed by atoms with E-state index in [2.05, 4.69) is 34.1 Å². The summed E-state index contributed by atoms with van der Waals surface area (Å²) in [6, 6.07) is 12.6. The van der Waals surface area contributed by atoms with Crippen molar-refractivity contribution in [3.8, 4) is 5.75 Å². The van der Waals surface area contributed by atoms with Crippen LogP contribution in [0.3, 0.4) is 0 Å². The molecule has 1 aromatic carbocycles. The summed E-state index contributed by atoms with van der Waals surface area (Å²) in [4.78, 5) is 6.74. The van der Waals surface area contributed by atoms with Gasteiger partial charge in [0.05, 0.1) is 7.11 Å². The third-order valence-electron chi connectivity index (χ3n) is 3.87. The zero-order chi connectivity index (χ0) is 13.9. The molecule has 1 atom stereocenters. The Morgan fingerprint density at radius 3 is 2.80 bits per heavy atom. The van der Waals surface area contributed by atoms with Crippen LogP contribution in [0.15, 0.2) is 42.6 Å². The topological polar surface area (TPSA) is 51.4 Å². The van der Waals surface area contributed by atoms with Gasteiger partial charge in [-0.15, -0.1) is 0 Å². The van der Waals surface area contributed by atoms with Crippen LogP contribution < -0.4 is 15.4 Å². The Balaban J connectivity index is 2.00. The predicted molar refractivity (Wildman–Crippen MR) is 80.0 cm³/mol. The Hall–Kier alpha value is -2.07. The van der Waals surface area contributed by atoms with Gasteiger partial charge in [-0.05, 0) is 29.7 Å². The molecule has 20 heavy (non-hydrogen) atoms. The number of pyridine rings is 1. The monoisotopic (exact) mass is 269 g/mol. The van der Waals surface area contributed by atoms with E-state index < -0.39 is 0 Å². The van der Waals surface area contributed by atoms with Crippen LogP contribution in [0.25, 0.3) is 0 Å². The van der Waals surface area contributed by atoms with Crippen LogP contribution in [0.4, 0.5) is 5.82 Å². The zero-order valence-corrected chi connectivity index (χ0v) is 11.6. The summed E-state index contributed by atoms with van der Waals surface area (Å²) in [5, 5.41) is 0. The van der Waals surface area contributed by atoms with Crippen LogP contribution in [0, 0.1) is 0 Å². The van der Waals surface area contributed by atoms with Gasteiger partial charge in [-0.25, -0.2) is 4.98 Å². The number of ether oxygens (including phenoxy) is 1. The van der Waals surface area contributed by atoms with Gasteiger partial charge in [-0.2, -0.15) is 0 Å². The fourth-order valence-corrected chi connectivity index (χ4v) is 2.80. The maximum absolute atomic E-state index is 5.97. The molecule has 0 saturated carbocycles. The van der Waals surface area contributed by atoms with Crippen molar-refractivity contribution in [1.82, 2.24) is 4.98 Å². The first-order chi connectivity index (χ1) is 9.83. The molecule has 2 N–H and O–H groups in total. The van der Waals surface area contributed by atoms with E-state index >= 15 is 0 Å². The van der Waals surface area contributed by atoms with Gasteiger partial charge in [0.15, 0.2) is 11.6 Å². The summed E-state index contributed by atoms with van der Waals surface area (Å²) in [7, 11) is 1.68. The summed E-state index contributed by atoms with van der Waals surface area (Å²) in [5.74, 6) is 1.67. The van der Waals surface area contributed by atoms with Gasteiger partial charge in [0, 0.05) is 25.3 Å². The molecular formula is C16H19N3O. The summed E-state index contributed by atoms with van der Waals surface area (Å²) in [6.07, 6.45) is 2.75. The van der Waals surface area contributed by atoms with Crippen molar-refractivity contribution in [3.05, 3.63) is 53.7 Å². The van der Waals surface area contributed by atoms with Crippen LogP contribution in [-0.2, 0) is 13.0 Å². The third kappa shape index (κ3) is 2.23. The molecular weight excluding hydrogens is 250 g/mol. The Morgan fingerprint density at radius 1 is 1.25 bits per heavy atom. The van der Waals surface area contributed by atoms with E-state index in [0.29, 0.717) is 6.54 Å². The molecule has 2 aromatic rings. The molecule has 0 aliphatic carbocycles. The molecule has 3 rings (SSSR count). The Kier molecular flexibility index (Phi) is 3.56. The third-order valence-corrected chi connectivity index (χ3v) is 3.87. The van der Waals surface area contributed by atoms with E-state index in [1.54, 1.807) is 13.3 Å². The van der Waals surface area contributed by atoms with Gasteiger partial charge in [0.2, 0.25) is 0 Å². The lowest BCUT2D eigenvalue weighted by Crippen LogP contribution is -2.45. The summed E-state index contributed by atoms with van der Waals surface area (Å²) >= 11 is 0. The second kappa shape index (κ2) is 5.51. The zero-order valence-electron chi connectivity index (χ0n) is 11.6. The Labute approximate surface area is 119 Å². The number of aromatic nitrogens is 1. The molecule has 1 aliphatic rings. The molecule has 4 heteroatoms. The maximum atomic E-state index is 5.97. The van der Waals surface area contributed by atoms with Crippen molar-refractivity contribution in [2.45, 2.75) is 19.0 Å². The van der Waals surface area contributed by atoms with Gasteiger partial charge in [0.25, 0.3) is 0 Å². The Bertz CT molecular complexity index is 600. The number of nitrogens with two attached hydrogens (primary N) is 1. The first-order valence-corrected chi connectivity index (χ1v) is 6.86. The molecule has 4 nitrogen and oxygen atoms in total. The number of rotatable bonds is 3. The molecule has 1 aliphatic heterocycles. The Morgan fingerprint density at radius 2 is 2.05 bits per heavy atom. The summed E-state index contributed by atoms with van der Waals surface area (Å²) in [5.41, 5.74) is 8.69. The summed E-state index contributed by atoms with van der Waals surface area (Å²) < 4.78 is 5.43. The lowest BCUT2D eigenvalue weighted by atomic mass is 9.94. The van der Waals surface area contributed by atoms with Crippen LogP contribution in [-0.4, -0.2) is 24.7 Å². The first-order valence-electron chi connectivity index (χ1n) is 6.86.